The van der Waals surface area contributed by atoms with E-state index in [1.807, 2.05) is 4.68 Å². The third kappa shape index (κ3) is 1.21. The van der Waals surface area contributed by atoms with Crippen LogP contribution in [-0.2, 0) is 5.54 Å². The van der Waals surface area contributed by atoms with Gasteiger partial charge < -0.3 is 5.11 Å². The molecule has 5 heteroatoms. The van der Waals surface area contributed by atoms with Gasteiger partial charge in [0.25, 0.3) is 0 Å². The minimum Gasteiger partial charge on any atom is -0.478 e. The molecule has 0 unspecified atom stereocenters. The average molecular weight is 217 g/mol. The van der Waals surface area contributed by atoms with Crippen molar-refractivity contribution < 1.29 is 9.90 Å². The number of aromatic nitrogens is 3. The number of nitrogens with zero attached hydrogens (tertiary/aromatic N) is 3. The fourth-order valence-corrected chi connectivity index (χ4v) is 1.85. The zero-order chi connectivity index (χ0) is 11.3. The van der Waals surface area contributed by atoms with Crippen LogP contribution in [0.25, 0.3) is 11.0 Å². The van der Waals surface area contributed by atoms with Gasteiger partial charge >= 0.3 is 5.97 Å². The predicted octanol–water partition coefficient (Wildman–Crippen LogP) is 1.64. The predicted molar refractivity (Wildman–Crippen MR) is 57.4 cm³/mol. The van der Waals surface area contributed by atoms with Gasteiger partial charge in [-0.1, -0.05) is 5.21 Å². The van der Waals surface area contributed by atoms with Gasteiger partial charge in [0.2, 0.25) is 0 Å². The van der Waals surface area contributed by atoms with E-state index in [9.17, 15) is 4.79 Å². The SMILES string of the molecule is CC1(n2nnc3cc(C(=O)O)ccc32)CC1. The summed E-state index contributed by atoms with van der Waals surface area (Å²) in [5, 5.41) is 17.0. The quantitative estimate of drug-likeness (QED) is 0.830. The molecule has 0 saturated heterocycles. The zero-order valence-electron chi connectivity index (χ0n) is 8.84. The van der Waals surface area contributed by atoms with Gasteiger partial charge in [-0.05, 0) is 38.0 Å². The molecule has 1 N–H and O–H groups in total. The second-order valence-corrected chi connectivity index (χ2v) is 4.51. The fourth-order valence-electron chi connectivity index (χ4n) is 1.85. The van der Waals surface area contributed by atoms with E-state index in [1.165, 1.54) is 0 Å². The molecule has 5 nitrogen and oxygen atoms in total. The number of fused-ring (bicyclic) bond motifs is 1. The molecule has 16 heavy (non-hydrogen) atoms. The van der Waals surface area contributed by atoms with Crippen LogP contribution in [0.1, 0.15) is 30.1 Å². The van der Waals surface area contributed by atoms with Gasteiger partial charge in [0.15, 0.2) is 0 Å². The Morgan fingerprint density at radius 3 is 2.88 bits per heavy atom. The Morgan fingerprint density at radius 1 is 1.50 bits per heavy atom. The topological polar surface area (TPSA) is 68.0 Å². The van der Waals surface area contributed by atoms with Gasteiger partial charge in [-0.3, -0.25) is 0 Å². The van der Waals surface area contributed by atoms with Gasteiger partial charge in [0.05, 0.1) is 16.6 Å². The monoisotopic (exact) mass is 217 g/mol. The number of carboxylic acids is 1. The lowest BCUT2D eigenvalue weighted by molar-refractivity contribution is 0.0697. The number of aromatic carboxylic acids is 1. The molecule has 1 fully saturated rings. The molecule has 82 valence electrons. The van der Waals surface area contributed by atoms with Crippen LogP contribution in [0.15, 0.2) is 18.2 Å². The summed E-state index contributed by atoms with van der Waals surface area (Å²) in [6.45, 7) is 2.13. The van der Waals surface area contributed by atoms with Crippen LogP contribution in [0, 0.1) is 0 Å². The van der Waals surface area contributed by atoms with Crippen LogP contribution < -0.4 is 0 Å². The van der Waals surface area contributed by atoms with Crippen molar-refractivity contribution in [2.75, 3.05) is 0 Å². The molecule has 0 radical (unpaired) electrons. The van der Waals surface area contributed by atoms with E-state index in [-0.39, 0.29) is 11.1 Å². The summed E-state index contributed by atoms with van der Waals surface area (Å²) in [7, 11) is 0. The number of benzene rings is 1. The highest BCUT2D eigenvalue weighted by atomic mass is 16.4. The van der Waals surface area contributed by atoms with Gasteiger partial charge in [0, 0.05) is 0 Å². The molecule has 0 spiro atoms. The minimum absolute atomic E-state index is 0.0828. The van der Waals surface area contributed by atoms with E-state index >= 15 is 0 Å². The third-order valence-corrected chi connectivity index (χ3v) is 3.18. The zero-order valence-corrected chi connectivity index (χ0v) is 8.84. The highest BCUT2D eigenvalue weighted by Crippen LogP contribution is 2.43. The summed E-state index contributed by atoms with van der Waals surface area (Å²) in [6, 6.07) is 4.94. The van der Waals surface area contributed by atoms with Crippen molar-refractivity contribution in [2.24, 2.45) is 0 Å². The molecule has 1 saturated carbocycles. The first-order valence-corrected chi connectivity index (χ1v) is 5.19. The molecule has 1 aromatic heterocycles. The van der Waals surface area contributed by atoms with Crippen LogP contribution in [0.4, 0.5) is 0 Å². The molecule has 0 amide bonds. The maximum Gasteiger partial charge on any atom is 0.335 e. The normalized spacial score (nSPS) is 17.6. The minimum atomic E-state index is -0.936. The van der Waals surface area contributed by atoms with E-state index in [0.717, 1.165) is 18.4 Å². The molecule has 0 bridgehead atoms. The highest BCUT2D eigenvalue weighted by molar-refractivity contribution is 5.92. The van der Waals surface area contributed by atoms with Gasteiger partial charge in [0.1, 0.15) is 5.52 Å². The Kier molecular flexibility index (Phi) is 1.64. The Balaban J connectivity index is 2.18. The van der Waals surface area contributed by atoms with E-state index in [1.54, 1.807) is 18.2 Å². The second kappa shape index (κ2) is 2.81. The van der Waals surface area contributed by atoms with Crippen molar-refractivity contribution in [1.82, 2.24) is 15.0 Å². The Bertz CT molecular complexity index is 584. The maximum absolute atomic E-state index is 10.8. The summed E-state index contributed by atoms with van der Waals surface area (Å²) in [5.41, 5.74) is 1.89. The summed E-state index contributed by atoms with van der Waals surface area (Å²) in [5.74, 6) is -0.936. The Morgan fingerprint density at radius 2 is 2.25 bits per heavy atom. The summed E-state index contributed by atoms with van der Waals surface area (Å²) in [6.07, 6.45) is 2.21. The van der Waals surface area contributed by atoms with Gasteiger partial charge in [-0.2, -0.15) is 0 Å². The first-order valence-electron chi connectivity index (χ1n) is 5.19. The number of rotatable bonds is 2. The number of hydrogen-bond acceptors (Lipinski definition) is 3. The van der Waals surface area contributed by atoms with Gasteiger partial charge in [-0.25, -0.2) is 9.48 Å². The number of hydrogen-bond donors (Lipinski definition) is 1. The molecule has 1 aliphatic carbocycles. The van der Waals surface area contributed by atoms with Crippen LogP contribution in [0.5, 0.6) is 0 Å². The summed E-state index contributed by atoms with van der Waals surface area (Å²) >= 11 is 0. The summed E-state index contributed by atoms with van der Waals surface area (Å²) in [4.78, 5) is 10.8. The van der Waals surface area contributed by atoms with Gasteiger partial charge in [-0.15, -0.1) is 5.10 Å². The lowest BCUT2D eigenvalue weighted by atomic mass is 10.2. The molecule has 1 aliphatic rings. The standard InChI is InChI=1S/C11H11N3O2/c1-11(4-5-11)14-9-3-2-7(10(15)16)6-8(9)12-13-14/h2-3,6H,4-5H2,1H3,(H,15,16). The summed E-state index contributed by atoms with van der Waals surface area (Å²) < 4.78 is 1.90. The van der Waals surface area contributed by atoms with E-state index in [4.69, 9.17) is 5.11 Å². The molecule has 2 aromatic rings. The number of carbonyl (C=O) groups is 1. The average Bonchev–Trinajstić information content (AvgIpc) is 2.86. The van der Waals surface area contributed by atoms with E-state index in [0.29, 0.717) is 5.52 Å². The molecular formula is C11H11N3O2. The largest absolute Gasteiger partial charge is 0.478 e. The van der Waals surface area contributed by atoms with Crippen molar-refractivity contribution >= 4 is 17.0 Å². The molecule has 1 heterocycles. The van der Waals surface area contributed by atoms with Crippen molar-refractivity contribution in [2.45, 2.75) is 25.3 Å². The highest BCUT2D eigenvalue weighted by Gasteiger charge is 2.41. The van der Waals surface area contributed by atoms with Crippen LogP contribution in [-0.4, -0.2) is 26.1 Å². The van der Waals surface area contributed by atoms with Crippen molar-refractivity contribution in [3.05, 3.63) is 23.8 Å². The molecule has 1 aromatic carbocycles. The molecular weight excluding hydrogens is 206 g/mol. The Hall–Kier alpha value is -1.91. The lowest BCUT2D eigenvalue weighted by Gasteiger charge is -2.08. The Labute approximate surface area is 91.7 Å². The van der Waals surface area contributed by atoms with E-state index in [2.05, 4.69) is 17.2 Å². The van der Waals surface area contributed by atoms with Crippen molar-refractivity contribution in [3.63, 3.8) is 0 Å². The molecule has 0 aliphatic heterocycles. The van der Waals surface area contributed by atoms with Crippen LogP contribution in [0.3, 0.4) is 0 Å². The van der Waals surface area contributed by atoms with Crippen LogP contribution in [0.2, 0.25) is 0 Å². The number of carboxylic acid groups (broad SMARTS) is 1. The fraction of sp³-hybridized carbons (Fsp3) is 0.364. The first kappa shape index (κ1) is 9.33. The van der Waals surface area contributed by atoms with Crippen molar-refractivity contribution in [1.29, 1.82) is 0 Å². The van der Waals surface area contributed by atoms with E-state index < -0.39 is 5.97 Å². The lowest BCUT2D eigenvalue weighted by Crippen LogP contribution is -2.13. The maximum atomic E-state index is 10.8. The smallest absolute Gasteiger partial charge is 0.335 e. The molecule has 3 rings (SSSR count). The second-order valence-electron chi connectivity index (χ2n) is 4.51. The van der Waals surface area contributed by atoms with Crippen molar-refractivity contribution in [3.8, 4) is 0 Å². The third-order valence-electron chi connectivity index (χ3n) is 3.18. The first-order chi connectivity index (χ1) is 7.60. The van der Waals surface area contributed by atoms with Crippen LogP contribution >= 0.6 is 0 Å². The molecule has 0 atom stereocenters.